The highest BCUT2D eigenvalue weighted by molar-refractivity contribution is 6.02. The number of anilines is 1. The fourth-order valence-corrected chi connectivity index (χ4v) is 3.57. The molecule has 3 rings (SSSR count). The van der Waals surface area contributed by atoms with Crippen LogP contribution >= 0.6 is 0 Å². The van der Waals surface area contributed by atoms with Gasteiger partial charge in [0, 0.05) is 44.0 Å². The van der Waals surface area contributed by atoms with Crippen molar-refractivity contribution in [1.82, 2.24) is 10.2 Å². The Morgan fingerprint density at radius 1 is 1.07 bits per heavy atom. The van der Waals surface area contributed by atoms with E-state index in [9.17, 15) is 19.2 Å². The van der Waals surface area contributed by atoms with Gasteiger partial charge in [0.15, 0.2) is 0 Å². The van der Waals surface area contributed by atoms with Crippen molar-refractivity contribution in [2.75, 3.05) is 11.9 Å². The van der Waals surface area contributed by atoms with E-state index in [4.69, 9.17) is 0 Å². The Labute approximate surface area is 158 Å². The highest BCUT2D eigenvalue weighted by Gasteiger charge is 2.28. The molecule has 1 aliphatic carbocycles. The van der Waals surface area contributed by atoms with Crippen LogP contribution in [0.5, 0.6) is 0 Å². The molecule has 144 valence electrons. The summed E-state index contributed by atoms with van der Waals surface area (Å²) in [4.78, 5) is 48.4. The molecule has 0 spiro atoms. The van der Waals surface area contributed by atoms with E-state index in [1.807, 2.05) is 24.3 Å². The molecule has 0 unspecified atom stereocenters. The van der Waals surface area contributed by atoms with Gasteiger partial charge in [-0.05, 0) is 30.5 Å². The molecular formula is C20H25N3O4. The molecule has 2 fully saturated rings. The maximum atomic E-state index is 12.2. The zero-order chi connectivity index (χ0) is 19.2. The largest absolute Gasteiger partial charge is 0.352 e. The van der Waals surface area contributed by atoms with Gasteiger partial charge in [0.1, 0.15) is 0 Å². The second-order valence-electron chi connectivity index (χ2n) is 7.14. The summed E-state index contributed by atoms with van der Waals surface area (Å²) in [5.41, 5.74) is 1.60. The Bertz CT molecular complexity index is 724. The first-order valence-corrected chi connectivity index (χ1v) is 9.52. The van der Waals surface area contributed by atoms with E-state index >= 15 is 0 Å². The van der Waals surface area contributed by atoms with Crippen LogP contribution in [0, 0.1) is 5.92 Å². The van der Waals surface area contributed by atoms with Crippen LogP contribution in [0.15, 0.2) is 24.3 Å². The molecule has 7 nitrogen and oxygen atoms in total. The van der Waals surface area contributed by atoms with Crippen molar-refractivity contribution >= 4 is 29.3 Å². The van der Waals surface area contributed by atoms with E-state index < -0.39 is 0 Å². The first-order valence-electron chi connectivity index (χ1n) is 9.52. The van der Waals surface area contributed by atoms with Crippen molar-refractivity contribution in [2.45, 2.75) is 51.5 Å². The van der Waals surface area contributed by atoms with Crippen LogP contribution < -0.4 is 10.6 Å². The number of hydrogen-bond acceptors (Lipinski definition) is 4. The fraction of sp³-hybridized carbons (Fsp3) is 0.500. The van der Waals surface area contributed by atoms with E-state index in [1.54, 1.807) is 0 Å². The molecule has 1 aromatic rings. The van der Waals surface area contributed by atoms with Gasteiger partial charge in [-0.1, -0.05) is 25.0 Å². The predicted octanol–water partition coefficient (Wildman–Crippen LogP) is 1.97. The number of amides is 4. The van der Waals surface area contributed by atoms with E-state index in [2.05, 4.69) is 10.6 Å². The number of likely N-dealkylation sites (tertiary alicyclic amines) is 1. The van der Waals surface area contributed by atoms with Crippen molar-refractivity contribution in [3.05, 3.63) is 29.8 Å². The monoisotopic (exact) mass is 371 g/mol. The fourth-order valence-electron chi connectivity index (χ4n) is 3.57. The molecule has 1 aromatic carbocycles. The van der Waals surface area contributed by atoms with Crippen molar-refractivity contribution < 1.29 is 19.2 Å². The molecule has 4 amide bonds. The van der Waals surface area contributed by atoms with Crippen LogP contribution in [0.2, 0.25) is 0 Å². The Balaban J connectivity index is 1.45. The van der Waals surface area contributed by atoms with Crippen LogP contribution in [-0.4, -0.2) is 35.1 Å². The van der Waals surface area contributed by atoms with Gasteiger partial charge >= 0.3 is 0 Å². The lowest BCUT2D eigenvalue weighted by atomic mass is 10.1. The average Bonchev–Trinajstić information content (AvgIpc) is 3.29. The minimum absolute atomic E-state index is 0.0635. The molecule has 2 N–H and O–H groups in total. The molecule has 1 heterocycles. The van der Waals surface area contributed by atoms with Crippen LogP contribution in [0.25, 0.3) is 0 Å². The molecule has 0 radical (unpaired) electrons. The van der Waals surface area contributed by atoms with Crippen LogP contribution in [-0.2, 0) is 25.7 Å². The number of nitrogens with zero attached hydrogens (tertiary/aromatic N) is 1. The van der Waals surface area contributed by atoms with E-state index in [0.29, 0.717) is 6.54 Å². The van der Waals surface area contributed by atoms with Crippen LogP contribution in [0.3, 0.4) is 0 Å². The molecule has 2 aliphatic rings. The summed E-state index contributed by atoms with van der Waals surface area (Å²) >= 11 is 0. The highest BCUT2D eigenvalue weighted by Crippen LogP contribution is 2.26. The third-order valence-corrected chi connectivity index (χ3v) is 5.13. The smallest absolute Gasteiger partial charge is 0.229 e. The Morgan fingerprint density at radius 2 is 1.78 bits per heavy atom. The second-order valence-corrected chi connectivity index (χ2v) is 7.14. The van der Waals surface area contributed by atoms with E-state index in [-0.39, 0.29) is 55.4 Å². The topological polar surface area (TPSA) is 95.6 Å². The minimum Gasteiger partial charge on any atom is -0.352 e. The van der Waals surface area contributed by atoms with Crippen molar-refractivity contribution in [3.8, 4) is 0 Å². The minimum atomic E-state index is -0.220. The van der Waals surface area contributed by atoms with Gasteiger partial charge in [-0.3, -0.25) is 24.1 Å². The molecule has 0 atom stereocenters. The number of rotatable bonds is 7. The molecule has 1 saturated carbocycles. The summed E-state index contributed by atoms with van der Waals surface area (Å²) in [6.45, 7) is 0.453. The van der Waals surface area contributed by atoms with Gasteiger partial charge in [0.05, 0.1) is 0 Å². The molecule has 7 heteroatoms. The Kier molecular flexibility index (Phi) is 6.21. The summed E-state index contributed by atoms with van der Waals surface area (Å²) in [6.07, 6.45) is 4.68. The third-order valence-electron chi connectivity index (χ3n) is 5.13. The zero-order valence-corrected chi connectivity index (χ0v) is 15.3. The Hall–Kier alpha value is -2.70. The standard InChI is InChI=1S/C20H25N3O4/c24-17(10-11-23-18(25)8-9-19(23)26)21-13-14-4-3-7-16(12-14)22-20(27)15-5-1-2-6-15/h3-4,7,12,15H,1-2,5-6,8-11,13H2,(H,21,24)(H,22,27). The number of nitrogens with one attached hydrogen (secondary N) is 2. The summed E-state index contributed by atoms with van der Waals surface area (Å²) in [5.74, 6) is -0.474. The van der Waals surface area contributed by atoms with Gasteiger partial charge < -0.3 is 10.6 Å². The third kappa shape index (κ3) is 5.15. The molecule has 0 bridgehead atoms. The summed E-state index contributed by atoms with van der Waals surface area (Å²) in [7, 11) is 0. The van der Waals surface area contributed by atoms with Gasteiger partial charge in [-0.2, -0.15) is 0 Å². The van der Waals surface area contributed by atoms with Gasteiger partial charge in [-0.15, -0.1) is 0 Å². The van der Waals surface area contributed by atoms with Gasteiger partial charge in [0.25, 0.3) is 0 Å². The second kappa shape index (κ2) is 8.79. The number of carbonyl (C=O) groups excluding carboxylic acids is 4. The number of imide groups is 1. The van der Waals surface area contributed by atoms with Crippen molar-refractivity contribution in [2.24, 2.45) is 5.92 Å². The quantitative estimate of drug-likeness (QED) is 0.717. The summed E-state index contributed by atoms with van der Waals surface area (Å²) < 4.78 is 0. The maximum Gasteiger partial charge on any atom is 0.229 e. The number of hydrogen-bond donors (Lipinski definition) is 2. The first kappa shape index (κ1) is 19.1. The lowest BCUT2D eigenvalue weighted by molar-refractivity contribution is -0.138. The summed E-state index contributed by atoms with van der Waals surface area (Å²) in [5, 5.41) is 5.74. The normalized spacial score (nSPS) is 17.4. The number of benzene rings is 1. The molecular weight excluding hydrogens is 346 g/mol. The SMILES string of the molecule is O=C(CCN1C(=O)CCC1=O)NCc1cccc(NC(=O)C2CCCC2)c1. The molecule has 27 heavy (non-hydrogen) atoms. The lowest BCUT2D eigenvalue weighted by Crippen LogP contribution is -2.34. The van der Waals surface area contributed by atoms with Crippen LogP contribution in [0.4, 0.5) is 5.69 Å². The maximum absolute atomic E-state index is 12.2. The molecule has 1 saturated heterocycles. The van der Waals surface area contributed by atoms with Crippen molar-refractivity contribution in [3.63, 3.8) is 0 Å². The summed E-state index contributed by atoms with van der Waals surface area (Å²) in [6, 6.07) is 7.40. The lowest BCUT2D eigenvalue weighted by Gasteiger charge is -2.14. The Morgan fingerprint density at radius 3 is 2.48 bits per heavy atom. The highest BCUT2D eigenvalue weighted by atomic mass is 16.2. The molecule has 1 aliphatic heterocycles. The predicted molar refractivity (Wildman–Crippen MR) is 99.4 cm³/mol. The van der Waals surface area contributed by atoms with Crippen LogP contribution in [0.1, 0.15) is 50.5 Å². The molecule has 0 aromatic heterocycles. The van der Waals surface area contributed by atoms with Gasteiger partial charge in [0.2, 0.25) is 23.6 Å². The van der Waals surface area contributed by atoms with E-state index in [1.165, 1.54) is 0 Å². The number of carbonyl (C=O) groups is 4. The van der Waals surface area contributed by atoms with Crippen molar-refractivity contribution in [1.29, 1.82) is 0 Å². The zero-order valence-electron chi connectivity index (χ0n) is 15.3. The van der Waals surface area contributed by atoms with Gasteiger partial charge in [-0.25, -0.2) is 0 Å². The van der Waals surface area contributed by atoms with E-state index in [0.717, 1.165) is 41.8 Å². The average molecular weight is 371 g/mol. The first-order chi connectivity index (χ1) is 13.0.